The summed E-state index contributed by atoms with van der Waals surface area (Å²) in [6.45, 7) is 1.86. The zero-order chi connectivity index (χ0) is 18.0. The number of furan rings is 1. The molecule has 1 amide bonds. The van der Waals surface area contributed by atoms with Gasteiger partial charge in [-0.1, -0.05) is 19.1 Å². The number of rotatable bonds is 6. The molecule has 0 fully saturated rings. The number of benzene rings is 1. The molecule has 6 heteroatoms. The molecule has 1 atom stereocenters. The number of hydrogen-bond donors (Lipinski definition) is 1. The molecule has 0 aliphatic carbocycles. The van der Waals surface area contributed by atoms with Crippen LogP contribution in [0.5, 0.6) is 5.75 Å². The predicted molar refractivity (Wildman–Crippen MR) is 89.9 cm³/mol. The van der Waals surface area contributed by atoms with E-state index in [2.05, 4.69) is 0 Å². The third-order valence-electron chi connectivity index (χ3n) is 4.26. The van der Waals surface area contributed by atoms with E-state index in [1.165, 1.54) is 11.2 Å². The summed E-state index contributed by atoms with van der Waals surface area (Å²) in [6.07, 6.45) is 1.72. The maximum Gasteiger partial charge on any atom is 0.290 e. The maximum atomic E-state index is 12.6. The molecule has 2 aromatic rings. The molecule has 0 radical (unpaired) electrons. The standard InChI is InChI=1S/C19H19NO5/c1-3-15(21)16-17(12-6-8-13(24-2)9-7-12)20(19(23)18(16)22)11-14-5-4-10-25-14/h4-10,17,22H,3,11H2,1-2H3. The number of amides is 1. The number of methoxy groups -OCH3 is 1. The van der Waals surface area contributed by atoms with Crippen LogP contribution in [0.1, 0.15) is 30.7 Å². The summed E-state index contributed by atoms with van der Waals surface area (Å²) >= 11 is 0. The lowest BCUT2D eigenvalue weighted by molar-refractivity contribution is -0.130. The highest BCUT2D eigenvalue weighted by molar-refractivity contribution is 6.08. The average Bonchev–Trinajstić information content (AvgIpc) is 3.23. The van der Waals surface area contributed by atoms with E-state index in [1.807, 2.05) is 0 Å². The van der Waals surface area contributed by atoms with Crippen LogP contribution in [0.4, 0.5) is 0 Å². The van der Waals surface area contributed by atoms with Gasteiger partial charge in [0.15, 0.2) is 11.5 Å². The van der Waals surface area contributed by atoms with E-state index in [-0.39, 0.29) is 24.3 Å². The molecule has 25 heavy (non-hydrogen) atoms. The topological polar surface area (TPSA) is 80.0 Å². The molecule has 130 valence electrons. The normalized spacial score (nSPS) is 17.3. The number of carbonyl (C=O) groups is 2. The first-order valence-corrected chi connectivity index (χ1v) is 8.00. The fraction of sp³-hybridized carbons (Fsp3) is 0.263. The van der Waals surface area contributed by atoms with Crippen molar-refractivity contribution in [2.24, 2.45) is 0 Å². The van der Waals surface area contributed by atoms with Crippen molar-refractivity contribution in [2.45, 2.75) is 25.9 Å². The van der Waals surface area contributed by atoms with Gasteiger partial charge >= 0.3 is 0 Å². The van der Waals surface area contributed by atoms with E-state index in [1.54, 1.807) is 50.4 Å². The lowest BCUT2D eigenvalue weighted by atomic mass is 9.95. The minimum Gasteiger partial charge on any atom is -0.503 e. The predicted octanol–water partition coefficient (Wildman–Crippen LogP) is 3.16. The number of Topliss-reactive ketones (excluding diaryl/α,β-unsaturated/α-hetero) is 1. The quantitative estimate of drug-likeness (QED) is 0.873. The van der Waals surface area contributed by atoms with Crippen LogP contribution in [-0.2, 0) is 16.1 Å². The van der Waals surface area contributed by atoms with Gasteiger partial charge in [-0.05, 0) is 29.8 Å². The molecule has 1 N–H and O–H groups in total. The van der Waals surface area contributed by atoms with E-state index >= 15 is 0 Å². The third-order valence-corrected chi connectivity index (χ3v) is 4.26. The van der Waals surface area contributed by atoms with Gasteiger partial charge < -0.3 is 19.2 Å². The molecule has 6 nitrogen and oxygen atoms in total. The van der Waals surface area contributed by atoms with Gasteiger partial charge in [0.05, 0.1) is 31.5 Å². The smallest absolute Gasteiger partial charge is 0.290 e. The van der Waals surface area contributed by atoms with Crippen molar-refractivity contribution in [2.75, 3.05) is 7.11 Å². The molecule has 3 rings (SSSR count). The molecule has 1 aromatic carbocycles. The molecule has 0 saturated heterocycles. The highest BCUT2D eigenvalue weighted by Gasteiger charge is 2.43. The highest BCUT2D eigenvalue weighted by Crippen LogP contribution is 2.39. The summed E-state index contributed by atoms with van der Waals surface area (Å²) in [6, 6.07) is 9.90. The number of carbonyl (C=O) groups excluding carboxylic acids is 2. The van der Waals surface area contributed by atoms with E-state index < -0.39 is 17.7 Å². The zero-order valence-electron chi connectivity index (χ0n) is 14.1. The number of aliphatic hydroxyl groups excluding tert-OH is 1. The van der Waals surface area contributed by atoms with Crippen LogP contribution in [0.25, 0.3) is 0 Å². The van der Waals surface area contributed by atoms with Gasteiger partial charge in [0.25, 0.3) is 5.91 Å². The molecular weight excluding hydrogens is 322 g/mol. The fourth-order valence-corrected chi connectivity index (χ4v) is 3.00. The molecular formula is C19H19NO5. The summed E-state index contributed by atoms with van der Waals surface area (Å²) in [5.74, 6) is -0.0751. The Morgan fingerprint density at radius 3 is 2.56 bits per heavy atom. The lowest BCUT2D eigenvalue weighted by Crippen LogP contribution is -2.30. The van der Waals surface area contributed by atoms with Crippen molar-refractivity contribution in [1.29, 1.82) is 0 Å². The van der Waals surface area contributed by atoms with E-state index in [0.29, 0.717) is 11.5 Å². The first-order chi connectivity index (χ1) is 12.1. The van der Waals surface area contributed by atoms with E-state index in [0.717, 1.165) is 5.56 Å². The van der Waals surface area contributed by atoms with Gasteiger partial charge in [-0.15, -0.1) is 0 Å². The Labute approximate surface area is 145 Å². The van der Waals surface area contributed by atoms with Gasteiger partial charge in [0, 0.05) is 6.42 Å². The largest absolute Gasteiger partial charge is 0.503 e. The summed E-state index contributed by atoms with van der Waals surface area (Å²) in [4.78, 5) is 26.4. The first-order valence-electron chi connectivity index (χ1n) is 8.00. The molecule has 1 aliphatic heterocycles. The number of ether oxygens (including phenoxy) is 1. The zero-order valence-corrected chi connectivity index (χ0v) is 14.1. The van der Waals surface area contributed by atoms with Crippen molar-refractivity contribution < 1.29 is 23.8 Å². The summed E-state index contributed by atoms with van der Waals surface area (Å²) in [5, 5.41) is 10.3. The second kappa shape index (κ2) is 6.84. The van der Waals surface area contributed by atoms with Gasteiger partial charge in [-0.25, -0.2) is 0 Å². The van der Waals surface area contributed by atoms with Crippen LogP contribution in [0, 0.1) is 0 Å². The van der Waals surface area contributed by atoms with Gasteiger partial charge in [-0.3, -0.25) is 9.59 Å². The van der Waals surface area contributed by atoms with Crippen molar-refractivity contribution in [3.05, 3.63) is 65.3 Å². The van der Waals surface area contributed by atoms with Crippen LogP contribution in [0.3, 0.4) is 0 Å². The van der Waals surface area contributed by atoms with Gasteiger partial charge in [0.1, 0.15) is 11.5 Å². The second-order valence-corrected chi connectivity index (χ2v) is 5.73. The average molecular weight is 341 g/mol. The van der Waals surface area contributed by atoms with Gasteiger partial charge in [0.2, 0.25) is 0 Å². The monoisotopic (exact) mass is 341 g/mol. The van der Waals surface area contributed by atoms with Crippen molar-refractivity contribution >= 4 is 11.7 Å². The summed E-state index contributed by atoms with van der Waals surface area (Å²) < 4.78 is 10.5. The SMILES string of the molecule is CCC(=O)C1=C(O)C(=O)N(Cc2ccco2)C1c1ccc(OC)cc1. The molecule has 1 unspecified atom stereocenters. The lowest BCUT2D eigenvalue weighted by Gasteiger charge is -2.26. The Balaban J connectivity index is 2.04. The Hall–Kier alpha value is -3.02. The third kappa shape index (κ3) is 3.03. The van der Waals surface area contributed by atoms with E-state index in [9.17, 15) is 14.7 Å². The molecule has 0 spiro atoms. The second-order valence-electron chi connectivity index (χ2n) is 5.73. The number of nitrogens with zero attached hydrogens (tertiary/aromatic N) is 1. The van der Waals surface area contributed by atoms with Crippen LogP contribution < -0.4 is 4.74 Å². The molecule has 1 aromatic heterocycles. The Morgan fingerprint density at radius 2 is 2.00 bits per heavy atom. The molecule has 1 aliphatic rings. The molecule has 2 heterocycles. The van der Waals surface area contributed by atoms with Crippen LogP contribution in [-0.4, -0.2) is 28.8 Å². The molecule has 0 bridgehead atoms. The number of ketones is 1. The minimum absolute atomic E-state index is 0.129. The van der Waals surface area contributed by atoms with Crippen molar-refractivity contribution in [1.82, 2.24) is 4.90 Å². The van der Waals surface area contributed by atoms with E-state index in [4.69, 9.17) is 9.15 Å². The van der Waals surface area contributed by atoms with Crippen molar-refractivity contribution in [3.8, 4) is 5.75 Å². The summed E-state index contributed by atoms with van der Waals surface area (Å²) in [5.41, 5.74) is 0.853. The summed E-state index contributed by atoms with van der Waals surface area (Å²) in [7, 11) is 1.56. The van der Waals surface area contributed by atoms with Gasteiger partial charge in [-0.2, -0.15) is 0 Å². The Kier molecular flexibility index (Phi) is 4.61. The number of aliphatic hydroxyl groups is 1. The van der Waals surface area contributed by atoms with Crippen LogP contribution in [0.15, 0.2) is 58.4 Å². The van der Waals surface area contributed by atoms with Crippen LogP contribution >= 0.6 is 0 Å². The first kappa shape index (κ1) is 16.8. The fourth-order valence-electron chi connectivity index (χ4n) is 3.00. The maximum absolute atomic E-state index is 12.6. The Morgan fingerprint density at radius 1 is 1.28 bits per heavy atom. The Bertz CT molecular complexity index is 805. The number of hydrogen-bond acceptors (Lipinski definition) is 5. The minimum atomic E-state index is -0.657. The van der Waals surface area contributed by atoms with Crippen molar-refractivity contribution in [3.63, 3.8) is 0 Å². The molecule has 0 saturated carbocycles. The highest BCUT2D eigenvalue weighted by atomic mass is 16.5. The van der Waals surface area contributed by atoms with Crippen LogP contribution in [0.2, 0.25) is 0 Å².